The van der Waals surface area contributed by atoms with E-state index in [2.05, 4.69) is 31.5 Å². The molecule has 1 spiro atoms. The van der Waals surface area contributed by atoms with E-state index in [4.69, 9.17) is 27.5 Å². The van der Waals surface area contributed by atoms with Crippen LogP contribution in [0.15, 0.2) is 24.3 Å². The maximum Gasteiger partial charge on any atom is 0.313 e. The highest BCUT2D eigenvalue weighted by Crippen LogP contribution is 2.40. The third kappa shape index (κ3) is 11.8. The summed E-state index contributed by atoms with van der Waals surface area (Å²) in [5.41, 5.74) is 5.66. The van der Waals surface area contributed by atoms with E-state index in [1.807, 2.05) is 0 Å². The van der Waals surface area contributed by atoms with Gasteiger partial charge in [-0.05, 0) is 62.8 Å². The lowest BCUT2D eigenvalue weighted by Crippen LogP contribution is -2.60. The molecule has 0 bridgehead atoms. The molecule has 1 aliphatic heterocycles. The predicted octanol–water partition coefficient (Wildman–Crippen LogP) is 1.38. The number of hydrogen-bond donors (Lipinski definition) is 7. The van der Waals surface area contributed by atoms with Gasteiger partial charge in [-0.15, -0.1) is 0 Å². The molecule has 254 valence electrons. The molecule has 8 N–H and O–H groups in total. The molecule has 1 saturated carbocycles. The Morgan fingerprint density at radius 1 is 1.04 bits per heavy atom. The Balaban J connectivity index is 1.54. The smallest absolute Gasteiger partial charge is 0.313 e. The molecule has 3 rings (SSSR count). The zero-order valence-corrected chi connectivity index (χ0v) is 27.2. The summed E-state index contributed by atoms with van der Waals surface area (Å²) < 4.78 is 5.44. The van der Waals surface area contributed by atoms with Gasteiger partial charge in [-0.2, -0.15) is 0 Å². The number of carbonyl (C=O) groups is 5. The molecular weight excluding hydrogens is 616 g/mol. The van der Waals surface area contributed by atoms with E-state index in [-0.39, 0.29) is 42.7 Å². The summed E-state index contributed by atoms with van der Waals surface area (Å²) in [5, 5.41) is 21.4. The van der Waals surface area contributed by atoms with Crippen molar-refractivity contribution in [2.45, 2.75) is 88.3 Å². The first-order chi connectivity index (χ1) is 22.0. The van der Waals surface area contributed by atoms with Crippen molar-refractivity contribution in [3.8, 4) is 0 Å². The van der Waals surface area contributed by atoms with Gasteiger partial charge in [-0.25, -0.2) is 0 Å². The number of ether oxygens (including phenoxy) is 1. The third-order valence-corrected chi connectivity index (χ3v) is 8.77. The van der Waals surface area contributed by atoms with E-state index in [9.17, 15) is 24.0 Å². The normalized spacial score (nSPS) is 18.1. The number of rotatable bonds is 14. The van der Waals surface area contributed by atoms with Crippen molar-refractivity contribution in [1.82, 2.24) is 26.2 Å². The molecule has 0 radical (unpaired) electrons. The van der Waals surface area contributed by atoms with Gasteiger partial charge in [0.2, 0.25) is 5.91 Å². The minimum Gasteiger partial charge on any atom is -0.452 e. The number of hydrogen-bond acceptors (Lipinski definition) is 8. The van der Waals surface area contributed by atoms with E-state index < -0.39 is 29.8 Å². The minimum atomic E-state index is -1.05. The fourth-order valence-corrected chi connectivity index (χ4v) is 6.28. The Morgan fingerprint density at radius 3 is 2.43 bits per heavy atom. The predicted molar refractivity (Wildman–Crippen MR) is 174 cm³/mol. The van der Waals surface area contributed by atoms with Crippen LogP contribution in [-0.2, 0) is 28.7 Å². The van der Waals surface area contributed by atoms with Gasteiger partial charge in [0.1, 0.15) is 0 Å². The van der Waals surface area contributed by atoms with E-state index >= 15 is 0 Å². The van der Waals surface area contributed by atoms with Crippen molar-refractivity contribution in [3.05, 3.63) is 29.3 Å². The highest BCUT2D eigenvalue weighted by Gasteiger charge is 2.43. The molecule has 1 aromatic carbocycles. The highest BCUT2D eigenvalue weighted by molar-refractivity contribution is 6.39. The molecule has 1 aromatic rings. The van der Waals surface area contributed by atoms with Gasteiger partial charge in [-0.3, -0.25) is 34.3 Å². The molecule has 1 aliphatic carbocycles. The summed E-state index contributed by atoms with van der Waals surface area (Å²) in [6, 6.07) is 6.38. The van der Waals surface area contributed by atoms with Crippen LogP contribution in [0.4, 0.5) is 5.69 Å². The van der Waals surface area contributed by atoms with Gasteiger partial charge >= 0.3 is 17.8 Å². The quantitative estimate of drug-likeness (QED) is 0.0504. The summed E-state index contributed by atoms with van der Waals surface area (Å²) in [5.74, 6) is -2.97. The number of piperidine rings is 1. The maximum absolute atomic E-state index is 13.1. The topological polar surface area (TPSA) is 208 Å². The number of nitrogens with one attached hydrogen (secondary N) is 6. The van der Waals surface area contributed by atoms with Crippen LogP contribution in [0.1, 0.15) is 70.6 Å². The van der Waals surface area contributed by atoms with Gasteiger partial charge in [0.15, 0.2) is 12.1 Å². The summed E-state index contributed by atoms with van der Waals surface area (Å²) in [7, 11) is 1.48. The molecule has 2 aliphatic rings. The molecule has 1 heterocycles. The molecule has 14 nitrogen and oxygen atoms in total. The van der Waals surface area contributed by atoms with Gasteiger partial charge in [-0.1, -0.05) is 30.9 Å². The Labute approximate surface area is 274 Å². The van der Waals surface area contributed by atoms with E-state index in [0.717, 1.165) is 32.1 Å². The monoisotopic (exact) mass is 662 g/mol. The van der Waals surface area contributed by atoms with Crippen molar-refractivity contribution in [1.29, 1.82) is 5.41 Å². The number of amides is 4. The van der Waals surface area contributed by atoms with E-state index in [1.165, 1.54) is 7.05 Å². The SMILES string of the molecule is CNC(=O)CCC(=O)OC(CCCNC(=N)N)C(=O)NCCN1CCC(NC(=O)C(=O)Nc2ccc(Cl)cc2)CC12CCCCC2. The minimum absolute atomic E-state index is 0.0406. The van der Waals surface area contributed by atoms with Crippen LogP contribution < -0.4 is 32.3 Å². The summed E-state index contributed by atoms with van der Waals surface area (Å²) >= 11 is 5.90. The zero-order valence-electron chi connectivity index (χ0n) is 26.4. The molecule has 46 heavy (non-hydrogen) atoms. The number of nitrogens with two attached hydrogens (primary N) is 1. The van der Waals surface area contributed by atoms with Crippen LogP contribution >= 0.6 is 11.6 Å². The third-order valence-electron chi connectivity index (χ3n) is 8.51. The lowest BCUT2D eigenvalue weighted by molar-refractivity contribution is -0.157. The maximum atomic E-state index is 13.1. The molecule has 0 aromatic heterocycles. The molecule has 4 amide bonds. The molecule has 1 saturated heterocycles. The lowest BCUT2D eigenvalue weighted by atomic mass is 9.73. The Kier molecular flexibility index (Phi) is 14.5. The van der Waals surface area contributed by atoms with Gasteiger partial charge in [0.05, 0.1) is 6.42 Å². The van der Waals surface area contributed by atoms with Crippen LogP contribution in [0, 0.1) is 5.41 Å². The van der Waals surface area contributed by atoms with Gasteiger partial charge in [0, 0.05) is 61.9 Å². The number of guanidine groups is 1. The van der Waals surface area contributed by atoms with Crippen molar-refractivity contribution in [2.75, 3.05) is 38.5 Å². The second kappa shape index (κ2) is 18.3. The van der Waals surface area contributed by atoms with Crippen molar-refractivity contribution in [2.24, 2.45) is 5.73 Å². The number of benzene rings is 1. The van der Waals surface area contributed by atoms with Crippen LogP contribution in [0.2, 0.25) is 5.02 Å². The second-order valence-corrected chi connectivity index (χ2v) is 12.3. The fourth-order valence-electron chi connectivity index (χ4n) is 6.15. The van der Waals surface area contributed by atoms with Crippen LogP contribution in [0.5, 0.6) is 0 Å². The molecule has 2 unspecified atom stereocenters. The molecule has 2 atom stereocenters. The zero-order chi connectivity index (χ0) is 33.5. The summed E-state index contributed by atoms with van der Waals surface area (Å²) in [6.07, 6.45) is 5.95. The van der Waals surface area contributed by atoms with Gasteiger partial charge in [0.25, 0.3) is 5.91 Å². The number of esters is 1. The average Bonchev–Trinajstić information content (AvgIpc) is 3.03. The van der Waals surface area contributed by atoms with E-state index in [0.29, 0.717) is 56.2 Å². The first kappa shape index (κ1) is 36.6. The van der Waals surface area contributed by atoms with E-state index in [1.54, 1.807) is 24.3 Å². The standard InChI is InChI=1S/C31H47ClN8O6/c1-35-25(41)11-12-26(42)46-24(6-5-16-37-30(33)34)27(43)36-17-19-40-18-13-23(20-31(40)14-3-2-4-15-31)39-29(45)28(44)38-22-9-7-21(32)8-10-22/h7-10,23-24H,2-6,11-20H2,1H3,(H,35,41)(H,36,43)(H,38,44)(H,39,45)(H4,33,34,37). The molecule has 15 heteroatoms. The Hall–Kier alpha value is -3.91. The molecular formula is C31H47ClN8O6. The first-order valence-corrected chi connectivity index (χ1v) is 16.3. The van der Waals surface area contributed by atoms with Crippen LogP contribution in [-0.4, -0.2) is 91.4 Å². The fraction of sp³-hybridized carbons (Fsp3) is 0.613. The summed E-state index contributed by atoms with van der Waals surface area (Å²) in [6.45, 7) is 1.94. The number of likely N-dealkylation sites (tertiary alicyclic amines) is 1. The highest BCUT2D eigenvalue weighted by atomic mass is 35.5. The van der Waals surface area contributed by atoms with Gasteiger partial charge < -0.3 is 37.1 Å². The van der Waals surface area contributed by atoms with Crippen LogP contribution in [0.3, 0.4) is 0 Å². The number of anilines is 1. The average molecular weight is 663 g/mol. The largest absolute Gasteiger partial charge is 0.452 e. The van der Waals surface area contributed by atoms with Crippen LogP contribution in [0.25, 0.3) is 0 Å². The number of nitrogens with zero attached hydrogens (tertiary/aromatic N) is 1. The van der Waals surface area contributed by atoms with Crippen molar-refractivity contribution >= 4 is 52.8 Å². The first-order valence-electron chi connectivity index (χ1n) is 15.9. The number of carbonyl (C=O) groups excluding carboxylic acids is 5. The van der Waals surface area contributed by atoms with Crippen molar-refractivity contribution < 1.29 is 28.7 Å². The second-order valence-electron chi connectivity index (χ2n) is 11.8. The van der Waals surface area contributed by atoms with Crippen molar-refractivity contribution in [3.63, 3.8) is 0 Å². The Bertz CT molecular complexity index is 1220. The summed E-state index contributed by atoms with van der Waals surface area (Å²) in [4.78, 5) is 64.7. The lowest BCUT2D eigenvalue weighted by Gasteiger charge is -2.52. The Morgan fingerprint density at radius 2 is 1.76 bits per heavy atom. The number of halogens is 1. The molecule has 2 fully saturated rings.